The third-order valence-electron chi connectivity index (χ3n) is 13.1. The number of rotatable bonds is 34. The number of carbonyl (C=O) groups is 11. The summed E-state index contributed by atoms with van der Waals surface area (Å²) in [6.07, 6.45) is 4.88. The van der Waals surface area contributed by atoms with Gasteiger partial charge in [0.25, 0.3) is 0 Å². The van der Waals surface area contributed by atoms with Crippen LogP contribution in [0.5, 0.6) is 0 Å². The van der Waals surface area contributed by atoms with Crippen LogP contribution in [-0.2, 0) is 52.7 Å². The summed E-state index contributed by atoms with van der Waals surface area (Å²) in [6, 6.07) is -9.60. The first-order valence-electron chi connectivity index (χ1n) is 27.0. The molecule has 2 aliphatic rings. The Labute approximate surface area is 452 Å². The molecule has 0 spiro atoms. The summed E-state index contributed by atoms with van der Waals surface area (Å²) in [7, 11) is 0. The molecule has 0 aromatic rings. The Bertz CT molecular complexity index is 2050. The van der Waals surface area contributed by atoms with Crippen molar-refractivity contribution < 1.29 is 52.7 Å². The molecular weight excluding hydrogens is 1000 g/mol. The molecule has 2 fully saturated rings. The molecule has 0 radical (unpaired) electrons. The summed E-state index contributed by atoms with van der Waals surface area (Å²) in [5, 5.41) is 21.1. The topological polar surface area (TPSA) is 433 Å². The van der Waals surface area contributed by atoms with E-state index in [0.717, 1.165) is 0 Å². The molecule has 9 atom stereocenters. The van der Waals surface area contributed by atoms with Gasteiger partial charge < -0.3 is 81.0 Å². The van der Waals surface area contributed by atoms with Gasteiger partial charge in [0.1, 0.15) is 54.4 Å². The van der Waals surface area contributed by atoms with Gasteiger partial charge in [0.2, 0.25) is 65.0 Å². The molecule has 2 saturated heterocycles. The molecule has 27 heteroatoms. The van der Waals surface area contributed by atoms with E-state index in [2.05, 4.69) is 47.5 Å². The van der Waals surface area contributed by atoms with Gasteiger partial charge in [-0.05, 0) is 129 Å². The average Bonchev–Trinajstić information content (AvgIpc) is 4.06. The van der Waals surface area contributed by atoms with Crippen LogP contribution in [-0.4, -0.2) is 174 Å². The van der Waals surface area contributed by atoms with Gasteiger partial charge >= 0.3 is 0 Å². The number of hydrogen-bond donors (Lipinski definition) is 13. The van der Waals surface area contributed by atoms with Crippen LogP contribution in [0.25, 0.3) is 0 Å². The number of nitrogens with two attached hydrogens (primary N) is 5. The number of primary amides is 1. The quantitative estimate of drug-likeness (QED) is 0.0168. The summed E-state index contributed by atoms with van der Waals surface area (Å²) in [5.74, 6) is -7.05. The van der Waals surface area contributed by atoms with Gasteiger partial charge in [0.15, 0.2) is 5.96 Å². The molecular formula is C50H90N16O11. The minimum Gasteiger partial charge on any atom is -0.370 e. The predicted octanol–water partition coefficient (Wildman–Crippen LogP) is -3.57. The number of nitrogens with one attached hydrogen (secondary N) is 8. The van der Waals surface area contributed by atoms with E-state index in [1.54, 1.807) is 0 Å². The van der Waals surface area contributed by atoms with Crippen LogP contribution < -0.4 is 71.2 Å². The number of likely N-dealkylation sites (tertiary alicyclic amines) is 2. The highest BCUT2D eigenvalue weighted by Crippen LogP contribution is 2.21. The van der Waals surface area contributed by atoms with E-state index in [9.17, 15) is 52.7 Å². The molecule has 0 aliphatic carbocycles. The van der Waals surface area contributed by atoms with Gasteiger partial charge in [0, 0.05) is 26.6 Å². The van der Waals surface area contributed by atoms with Crippen molar-refractivity contribution >= 4 is 70.9 Å². The molecule has 2 aliphatic heterocycles. The van der Waals surface area contributed by atoms with E-state index in [-0.39, 0.29) is 63.1 Å². The van der Waals surface area contributed by atoms with Crippen LogP contribution in [0.1, 0.15) is 138 Å². The van der Waals surface area contributed by atoms with Crippen molar-refractivity contribution in [1.29, 1.82) is 0 Å². The Balaban J connectivity index is 2.12. The van der Waals surface area contributed by atoms with Crippen LogP contribution in [0, 0.1) is 11.8 Å². The highest BCUT2D eigenvalue weighted by atomic mass is 16.2. The number of nitrogens with zero attached hydrogens (tertiary/aromatic N) is 3. The van der Waals surface area contributed by atoms with Gasteiger partial charge in [0.05, 0.1) is 6.54 Å². The smallest absolute Gasteiger partial charge is 0.245 e. The van der Waals surface area contributed by atoms with Crippen molar-refractivity contribution in [3.8, 4) is 0 Å². The highest BCUT2D eigenvalue weighted by Gasteiger charge is 2.40. The largest absolute Gasteiger partial charge is 0.370 e. The third kappa shape index (κ3) is 23.6. The molecule has 0 aromatic heterocycles. The fourth-order valence-electron chi connectivity index (χ4n) is 9.07. The molecule has 436 valence electrons. The summed E-state index contributed by atoms with van der Waals surface area (Å²) >= 11 is 0. The molecule has 0 unspecified atom stereocenters. The van der Waals surface area contributed by atoms with Crippen LogP contribution in [0.2, 0.25) is 0 Å². The van der Waals surface area contributed by atoms with Crippen LogP contribution in [0.15, 0.2) is 4.99 Å². The maximum Gasteiger partial charge on any atom is 0.245 e. The Hall–Kier alpha value is -6.64. The Kier molecular flexibility index (Phi) is 29.5. The van der Waals surface area contributed by atoms with Crippen molar-refractivity contribution in [2.45, 2.75) is 193 Å². The second-order valence-corrected chi connectivity index (χ2v) is 20.8. The van der Waals surface area contributed by atoms with Gasteiger partial charge in [-0.25, -0.2) is 0 Å². The molecule has 0 aromatic carbocycles. The van der Waals surface area contributed by atoms with Crippen molar-refractivity contribution in [3.05, 3.63) is 0 Å². The lowest BCUT2D eigenvalue weighted by molar-refractivity contribution is -0.142. The molecule has 18 N–H and O–H groups in total. The number of aliphatic imine (C=N–C) groups is 1. The Morgan fingerprint density at radius 1 is 0.519 bits per heavy atom. The lowest BCUT2D eigenvalue weighted by atomic mass is 10.0. The minimum atomic E-state index is -1.23. The van der Waals surface area contributed by atoms with Crippen molar-refractivity contribution in [2.24, 2.45) is 45.5 Å². The standard InChI is InChI=1S/C50H90N16O11/c1-28(2)25-36(41(53)69)63-47(75)38-18-13-23-65(38)40(68)27-57-44(72)33(15-8-10-20-51)61-43(71)31(6)58-42(70)30(5)59-46(74)37(26-29(3)4)64-45(73)34(16-9-11-21-52)62-48(76)39-19-14-24-66(39)49(77)35(60-32(7)67)17-12-22-56-50(54)55/h28-31,33-39H,8-27,51-52H2,1-7H3,(H2,53,69)(H,57,72)(H,58,70)(H,59,74)(H,60,67)(H,61,71)(H,62,76)(H,63,75)(H,64,73)(H4,54,55,56)/t30-,31-,33-,34-,35-,36-,37-,38+,39-/m0/s1. The molecule has 2 rings (SSSR count). The summed E-state index contributed by atoms with van der Waals surface area (Å²) < 4.78 is 0. The monoisotopic (exact) mass is 1090 g/mol. The van der Waals surface area contributed by atoms with Crippen molar-refractivity contribution in [2.75, 3.05) is 39.3 Å². The van der Waals surface area contributed by atoms with Crippen LogP contribution in [0.3, 0.4) is 0 Å². The molecule has 77 heavy (non-hydrogen) atoms. The van der Waals surface area contributed by atoms with Crippen LogP contribution >= 0.6 is 0 Å². The average molecular weight is 1090 g/mol. The van der Waals surface area contributed by atoms with E-state index >= 15 is 0 Å². The summed E-state index contributed by atoms with van der Waals surface area (Å²) in [5.41, 5.74) is 27.8. The van der Waals surface area contributed by atoms with Crippen molar-refractivity contribution in [3.63, 3.8) is 0 Å². The maximum atomic E-state index is 14.0. The second-order valence-electron chi connectivity index (χ2n) is 20.8. The van der Waals surface area contributed by atoms with Crippen molar-refractivity contribution in [1.82, 2.24) is 52.3 Å². The van der Waals surface area contributed by atoms with Gasteiger partial charge in [-0.15, -0.1) is 0 Å². The first-order chi connectivity index (χ1) is 36.3. The first kappa shape index (κ1) is 66.5. The lowest BCUT2D eigenvalue weighted by Gasteiger charge is -2.30. The Morgan fingerprint density at radius 2 is 0.974 bits per heavy atom. The number of unbranched alkanes of at least 4 members (excludes halogenated alkanes) is 2. The molecule has 0 saturated carbocycles. The van der Waals surface area contributed by atoms with E-state index in [1.165, 1.54) is 30.6 Å². The van der Waals surface area contributed by atoms with E-state index in [4.69, 9.17) is 28.7 Å². The number of amides is 11. The zero-order chi connectivity index (χ0) is 57.9. The number of carbonyl (C=O) groups excluding carboxylic acids is 11. The van der Waals surface area contributed by atoms with Crippen LogP contribution in [0.4, 0.5) is 0 Å². The van der Waals surface area contributed by atoms with E-state index < -0.39 is 126 Å². The first-order valence-corrected chi connectivity index (χ1v) is 27.0. The third-order valence-corrected chi connectivity index (χ3v) is 13.1. The molecule has 2 heterocycles. The zero-order valence-corrected chi connectivity index (χ0v) is 46.2. The summed E-state index contributed by atoms with van der Waals surface area (Å²) in [4.78, 5) is 153. The van der Waals surface area contributed by atoms with E-state index in [0.29, 0.717) is 77.3 Å². The summed E-state index contributed by atoms with van der Waals surface area (Å²) in [6.45, 7) is 12.3. The van der Waals surface area contributed by atoms with E-state index in [1.807, 2.05) is 27.7 Å². The fraction of sp³-hybridized carbons (Fsp3) is 0.760. The number of hydrogen-bond acceptors (Lipinski definition) is 14. The molecule has 11 amide bonds. The minimum absolute atomic E-state index is 0.0649. The fourth-order valence-corrected chi connectivity index (χ4v) is 9.07. The lowest BCUT2D eigenvalue weighted by Crippen LogP contribution is -2.59. The zero-order valence-electron chi connectivity index (χ0n) is 46.2. The van der Waals surface area contributed by atoms with Gasteiger partial charge in [-0.3, -0.25) is 57.7 Å². The predicted molar refractivity (Wildman–Crippen MR) is 287 cm³/mol. The normalized spacial score (nSPS) is 17.9. The number of guanidine groups is 1. The van der Waals surface area contributed by atoms with Gasteiger partial charge in [-0.1, -0.05) is 27.7 Å². The molecule has 0 bridgehead atoms. The highest BCUT2D eigenvalue weighted by molar-refractivity contribution is 5.98. The maximum absolute atomic E-state index is 14.0. The molecule has 27 nitrogen and oxygen atoms in total. The Morgan fingerprint density at radius 3 is 1.49 bits per heavy atom. The second kappa shape index (κ2) is 34.2. The SMILES string of the molecule is CC(=O)N[C@@H](CCCN=C(N)N)C(=O)N1CCC[C@H]1C(=O)N[C@@H](CCCCN)C(=O)N[C@@H](CC(C)C)C(=O)N[C@@H](C)C(=O)N[C@@H](C)C(=O)N[C@@H](CCCCN)C(=O)NCC(=O)N1CCC[C@@H]1C(=O)N[C@@H](CC(C)C)C(N)=O. The van der Waals surface area contributed by atoms with Gasteiger partial charge in [-0.2, -0.15) is 0 Å².